The summed E-state index contributed by atoms with van der Waals surface area (Å²) in [4.78, 5) is 10.4. The Morgan fingerprint density at radius 1 is 1.64 bits per heavy atom. The maximum atomic E-state index is 12.8. The Balaban J connectivity index is 3.26. The van der Waals surface area contributed by atoms with E-state index in [1.165, 1.54) is 0 Å². The number of carbonyl (C=O) groups is 1. The summed E-state index contributed by atoms with van der Waals surface area (Å²) < 4.78 is 12.8. The van der Waals surface area contributed by atoms with E-state index >= 15 is 0 Å². The molecule has 14 heavy (non-hydrogen) atoms. The standard InChI is InChI=1S/C9H7FN2O2/c10-6-1-5(2-9(13)14)7(4-11)8(12)3-6/h1,3H,2,12H2,(H,13,14). The van der Waals surface area contributed by atoms with Gasteiger partial charge in [0.25, 0.3) is 0 Å². The highest BCUT2D eigenvalue weighted by molar-refractivity contribution is 5.73. The van der Waals surface area contributed by atoms with Crippen LogP contribution in [0.4, 0.5) is 10.1 Å². The molecular weight excluding hydrogens is 187 g/mol. The van der Waals surface area contributed by atoms with Gasteiger partial charge in [-0.2, -0.15) is 5.26 Å². The van der Waals surface area contributed by atoms with Crippen LogP contribution in [0.5, 0.6) is 0 Å². The maximum absolute atomic E-state index is 12.8. The molecule has 1 rings (SSSR count). The molecule has 0 unspecified atom stereocenters. The number of halogens is 1. The van der Waals surface area contributed by atoms with E-state index in [0.29, 0.717) is 0 Å². The fourth-order valence-electron chi connectivity index (χ4n) is 1.13. The van der Waals surface area contributed by atoms with E-state index in [0.717, 1.165) is 12.1 Å². The van der Waals surface area contributed by atoms with E-state index in [2.05, 4.69) is 0 Å². The minimum atomic E-state index is -1.13. The molecule has 0 atom stereocenters. The fraction of sp³-hybridized carbons (Fsp3) is 0.111. The van der Waals surface area contributed by atoms with Gasteiger partial charge in [0.1, 0.15) is 11.9 Å². The molecule has 0 spiro atoms. The van der Waals surface area contributed by atoms with Crippen molar-refractivity contribution in [1.29, 1.82) is 5.26 Å². The number of carboxylic acids is 1. The van der Waals surface area contributed by atoms with Crippen LogP contribution in [0.25, 0.3) is 0 Å². The molecule has 0 heterocycles. The van der Waals surface area contributed by atoms with Crippen LogP contribution in [0.3, 0.4) is 0 Å². The van der Waals surface area contributed by atoms with Crippen LogP contribution < -0.4 is 5.73 Å². The van der Waals surface area contributed by atoms with Crippen LogP contribution in [0, 0.1) is 17.1 Å². The molecular formula is C9H7FN2O2. The third-order valence-electron chi connectivity index (χ3n) is 1.67. The highest BCUT2D eigenvalue weighted by Crippen LogP contribution is 2.18. The molecule has 0 fully saturated rings. The second-order valence-corrected chi connectivity index (χ2v) is 2.71. The smallest absolute Gasteiger partial charge is 0.307 e. The van der Waals surface area contributed by atoms with E-state index in [9.17, 15) is 9.18 Å². The van der Waals surface area contributed by atoms with E-state index in [1.807, 2.05) is 0 Å². The van der Waals surface area contributed by atoms with Gasteiger partial charge in [0.05, 0.1) is 17.7 Å². The number of aliphatic carboxylic acids is 1. The van der Waals surface area contributed by atoms with Crippen molar-refractivity contribution in [1.82, 2.24) is 0 Å². The Kier molecular flexibility index (Phi) is 2.67. The number of benzene rings is 1. The van der Waals surface area contributed by atoms with Crippen molar-refractivity contribution >= 4 is 11.7 Å². The first-order chi connectivity index (χ1) is 6.54. The average molecular weight is 194 g/mol. The van der Waals surface area contributed by atoms with Gasteiger partial charge in [-0.3, -0.25) is 4.79 Å². The summed E-state index contributed by atoms with van der Waals surface area (Å²) in [6.07, 6.45) is -0.412. The van der Waals surface area contributed by atoms with Crippen molar-refractivity contribution in [3.8, 4) is 6.07 Å². The first kappa shape index (κ1) is 9.99. The number of nitriles is 1. The third kappa shape index (κ3) is 1.98. The van der Waals surface area contributed by atoms with Crippen LogP contribution >= 0.6 is 0 Å². The van der Waals surface area contributed by atoms with Gasteiger partial charge in [-0.15, -0.1) is 0 Å². The zero-order chi connectivity index (χ0) is 10.7. The fourth-order valence-corrected chi connectivity index (χ4v) is 1.13. The number of rotatable bonds is 2. The van der Waals surface area contributed by atoms with Crippen molar-refractivity contribution in [3.05, 3.63) is 29.1 Å². The van der Waals surface area contributed by atoms with Crippen LogP contribution in [0.2, 0.25) is 0 Å². The Bertz CT molecular complexity index is 424. The zero-order valence-electron chi connectivity index (χ0n) is 7.12. The molecule has 0 bridgehead atoms. The summed E-state index contributed by atoms with van der Waals surface area (Å²) in [7, 11) is 0. The highest BCUT2D eigenvalue weighted by atomic mass is 19.1. The second-order valence-electron chi connectivity index (χ2n) is 2.71. The summed E-state index contributed by atoms with van der Waals surface area (Å²) >= 11 is 0. The minimum Gasteiger partial charge on any atom is -0.481 e. The number of hydrogen-bond donors (Lipinski definition) is 2. The van der Waals surface area contributed by atoms with E-state index in [-0.39, 0.29) is 16.8 Å². The number of nitrogens with zero attached hydrogens (tertiary/aromatic N) is 1. The Labute approximate surface area is 79.4 Å². The van der Waals surface area contributed by atoms with Gasteiger partial charge in [0, 0.05) is 0 Å². The average Bonchev–Trinajstić information content (AvgIpc) is 2.01. The van der Waals surface area contributed by atoms with Crippen molar-refractivity contribution in [2.75, 3.05) is 5.73 Å². The zero-order valence-corrected chi connectivity index (χ0v) is 7.12. The van der Waals surface area contributed by atoms with E-state index in [1.54, 1.807) is 6.07 Å². The molecule has 1 aromatic carbocycles. The van der Waals surface area contributed by atoms with E-state index in [4.69, 9.17) is 16.1 Å². The molecule has 72 valence electrons. The molecule has 0 saturated heterocycles. The van der Waals surface area contributed by atoms with Gasteiger partial charge in [-0.1, -0.05) is 0 Å². The predicted octanol–water partition coefficient (Wildman–Crippen LogP) is 0.907. The highest BCUT2D eigenvalue weighted by Gasteiger charge is 2.11. The van der Waals surface area contributed by atoms with Gasteiger partial charge in [0.2, 0.25) is 0 Å². The first-order valence-electron chi connectivity index (χ1n) is 3.74. The molecule has 0 radical (unpaired) electrons. The Hall–Kier alpha value is -2.09. The van der Waals surface area contributed by atoms with Gasteiger partial charge in [-0.05, 0) is 17.7 Å². The summed E-state index contributed by atoms with van der Waals surface area (Å²) in [6, 6.07) is 3.73. The van der Waals surface area contributed by atoms with Crippen LogP contribution in [0.15, 0.2) is 12.1 Å². The normalized spacial score (nSPS) is 9.43. The summed E-state index contributed by atoms with van der Waals surface area (Å²) in [5.74, 6) is -1.77. The van der Waals surface area contributed by atoms with Crippen molar-refractivity contribution in [3.63, 3.8) is 0 Å². The summed E-state index contributed by atoms with van der Waals surface area (Å²) in [5.41, 5.74) is 5.43. The lowest BCUT2D eigenvalue weighted by molar-refractivity contribution is -0.136. The van der Waals surface area contributed by atoms with Gasteiger partial charge < -0.3 is 10.8 Å². The first-order valence-corrected chi connectivity index (χ1v) is 3.74. The molecule has 3 N–H and O–H groups in total. The van der Waals surface area contributed by atoms with E-state index < -0.39 is 18.2 Å². The lowest BCUT2D eigenvalue weighted by Crippen LogP contribution is -2.05. The summed E-state index contributed by atoms with van der Waals surface area (Å²) in [6.45, 7) is 0. The topological polar surface area (TPSA) is 87.1 Å². The van der Waals surface area contributed by atoms with Gasteiger partial charge in [-0.25, -0.2) is 4.39 Å². The molecule has 0 amide bonds. The Morgan fingerprint density at radius 3 is 2.79 bits per heavy atom. The number of carboxylic acid groups (broad SMARTS) is 1. The molecule has 0 saturated carbocycles. The van der Waals surface area contributed by atoms with Crippen molar-refractivity contribution in [2.24, 2.45) is 0 Å². The predicted molar refractivity (Wildman–Crippen MR) is 46.9 cm³/mol. The minimum absolute atomic E-state index is 0.0220. The molecule has 4 nitrogen and oxygen atoms in total. The molecule has 0 aliphatic heterocycles. The monoisotopic (exact) mass is 194 g/mol. The van der Waals surface area contributed by atoms with Crippen molar-refractivity contribution in [2.45, 2.75) is 6.42 Å². The lowest BCUT2D eigenvalue weighted by Gasteiger charge is -2.03. The van der Waals surface area contributed by atoms with Crippen LogP contribution in [0.1, 0.15) is 11.1 Å². The number of nitrogens with two attached hydrogens (primary N) is 1. The summed E-state index contributed by atoms with van der Waals surface area (Å²) in [5, 5.41) is 17.2. The van der Waals surface area contributed by atoms with Gasteiger partial charge in [0.15, 0.2) is 0 Å². The second kappa shape index (κ2) is 3.75. The number of hydrogen-bond acceptors (Lipinski definition) is 3. The Morgan fingerprint density at radius 2 is 2.29 bits per heavy atom. The number of nitrogen functional groups attached to an aromatic ring is 1. The quantitative estimate of drug-likeness (QED) is 0.685. The van der Waals surface area contributed by atoms with Crippen LogP contribution in [-0.2, 0) is 11.2 Å². The SMILES string of the molecule is N#Cc1c(N)cc(F)cc1CC(=O)O. The molecule has 1 aromatic rings. The third-order valence-corrected chi connectivity index (χ3v) is 1.67. The van der Waals surface area contributed by atoms with Crippen molar-refractivity contribution < 1.29 is 14.3 Å². The molecule has 0 aliphatic rings. The molecule has 0 aromatic heterocycles. The largest absolute Gasteiger partial charge is 0.481 e. The van der Waals surface area contributed by atoms with Crippen LogP contribution in [-0.4, -0.2) is 11.1 Å². The number of anilines is 1. The van der Waals surface area contributed by atoms with Gasteiger partial charge >= 0.3 is 5.97 Å². The molecule has 5 heteroatoms. The molecule has 0 aliphatic carbocycles. The lowest BCUT2D eigenvalue weighted by atomic mass is 10.0. The maximum Gasteiger partial charge on any atom is 0.307 e.